The van der Waals surface area contributed by atoms with Gasteiger partial charge >= 0.3 is 0 Å². The van der Waals surface area contributed by atoms with Crippen LogP contribution in [0, 0.1) is 0 Å². The molecule has 0 fully saturated rings. The monoisotopic (exact) mass is 313 g/mol. The predicted molar refractivity (Wildman–Crippen MR) is 64.7 cm³/mol. The summed E-state index contributed by atoms with van der Waals surface area (Å²) in [7, 11) is 0. The lowest BCUT2D eigenvalue weighted by atomic mass is 10.1. The molecule has 0 unspecified atom stereocenters. The Morgan fingerprint density at radius 2 is 2.07 bits per heavy atom. The largest absolute Gasteiger partial charge is 0.370 e. The zero-order chi connectivity index (χ0) is 11.0. The van der Waals surface area contributed by atoms with Crippen molar-refractivity contribution in [3.63, 3.8) is 0 Å². The van der Waals surface area contributed by atoms with Crippen LogP contribution in [0.2, 0.25) is 0 Å². The van der Waals surface area contributed by atoms with Crippen LogP contribution >= 0.6 is 22.6 Å². The van der Waals surface area contributed by atoms with Crippen molar-refractivity contribution < 1.29 is 4.79 Å². The number of nitrogens with two attached hydrogens (primary N) is 3. The molecule has 0 heterocycles. The van der Waals surface area contributed by atoms with Crippen molar-refractivity contribution in [2.24, 2.45) is 22.3 Å². The first-order valence-corrected chi connectivity index (χ1v) is 5.36. The van der Waals surface area contributed by atoms with Crippen LogP contribution in [0.3, 0.4) is 0 Å². The second-order valence-corrected chi connectivity index (χ2v) is 3.89. The summed E-state index contributed by atoms with van der Waals surface area (Å²) in [5, 5.41) is 0. The summed E-state index contributed by atoms with van der Waals surface area (Å²) in [5.41, 5.74) is 12.8. The van der Waals surface area contributed by atoms with Gasteiger partial charge in [-0.05, 0) is 19.3 Å². The molecule has 14 heavy (non-hydrogen) atoms. The number of hydrazine groups is 1. The molecule has 0 spiro atoms. The van der Waals surface area contributed by atoms with Gasteiger partial charge in [-0.2, -0.15) is 0 Å². The molecule has 0 rings (SSSR count). The molecule has 1 atom stereocenters. The Bertz CT molecular complexity index is 204. The van der Waals surface area contributed by atoms with Gasteiger partial charge in [0, 0.05) is 29.1 Å². The first-order chi connectivity index (χ1) is 6.57. The van der Waals surface area contributed by atoms with Gasteiger partial charge < -0.3 is 11.5 Å². The molecular weight excluding hydrogens is 297 g/mol. The third kappa shape index (κ3) is 7.04. The van der Waals surface area contributed by atoms with Crippen LogP contribution in [0.15, 0.2) is 4.99 Å². The first kappa shape index (κ1) is 13.6. The fraction of sp³-hybridized carbons (Fsp3) is 0.714. The van der Waals surface area contributed by atoms with Crippen LogP contribution in [0.1, 0.15) is 19.3 Å². The molecule has 0 saturated heterocycles. The summed E-state index contributed by atoms with van der Waals surface area (Å²) in [6.07, 6.45) is 2.42. The minimum Gasteiger partial charge on any atom is -0.370 e. The predicted octanol–water partition coefficient (Wildman–Crippen LogP) is -0.776. The van der Waals surface area contributed by atoms with Crippen molar-refractivity contribution in [2.75, 3.05) is 6.54 Å². The van der Waals surface area contributed by atoms with E-state index in [1.165, 1.54) is 0 Å². The number of rotatable bonds is 7. The number of carbonyl (C=O) groups is 1. The first-order valence-electron chi connectivity index (χ1n) is 4.28. The third-order valence-corrected chi connectivity index (χ3v) is 2.42. The lowest BCUT2D eigenvalue weighted by molar-refractivity contribution is -0.111. The second-order valence-electron chi connectivity index (χ2n) is 2.83. The van der Waals surface area contributed by atoms with Gasteiger partial charge in [0.05, 0.1) is 6.04 Å². The smallest absolute Gasteiger partial charge is 0.210 e. The molecule has 0 bridgehead atoms. The van der Waals surface area contributed by atoms with E-state index < -0.39 is 0 Å². The molecule has 7 heteroatoms. The molecule has 82 valence electrons. The Labute approximate surface area is 96.8 Å². The number of guanidine groups is 1. The van der Waals surface area contributed by atoms with E-state index in [4.69, 9.17) is 17.3 Å². The van der Waals surface area contributed by atoms with Gasteiger partial charge in [0.25, 0.3) is 0 Å². The van der Waals surface area contributed by atoms with Gasteiger partial charge in [-0.3, -0.25) is 15.6 Å². The molecule has 0 saturated carbocycles. The number of nitrogens with zero attached hydrogens (tertiary/aromatic N) is 1. The van der Waals surface area contributed by atoms with Crippen molar-refractivity contribution in [1.29, 1.82) is 0 Å². The van der Waals surface area contributed by atoms with E-state index in [-0.39, 0.29) is 15.8 Å². The number of carbonyl (C=O) groups excluding carboxylic acids is 1. The van der Waals surface area contributed by atoms with E-state index >= 15 is 0 Å². The fourth-order valence-corrected chi connectivity index (χ4v) is 1.42. The number of unbranched alkanes of at least 4 members (excludes halogenated alkanes) is 1. The zero-order valence-corrected chi connectivity index (χ0v) is 10.0. The highest BCUT2D eigenvalue weighted by Crippen LogP contribution is 2.04. The second kappa shape index (κ2) is 7.94. The quantitative estimate of drug-likeness (QED) is 0.0935. The van der Waals surface area contributed by atoms with Crippen molar-refractivity contribution in [2.45, 2.75) is 25.3 Å². The maximum Gasteiger partial charge on any atom is 0.210 e. The van der Waals surface area contributed by atoms with Gasteiger partial charge in [-0.15, -0.1) is 0 Å². The lowest BCUT2D eigenvalue weighted by Crippen LogP contribution is -2.39. The van der Waals surface area contributed by atoms with E-state index in [2.05, 4.69) is 10.4 Å². The van der Waals surface area contributed by atoms with E-state index in [0.29, 0.717) is 13.0 Å². The van der Waals surface area contributed by atoms with Crippen molar-refractivity contribution in [3.05, 3.63) is 0 Å². The van der Waals surface area contributed by atoms with E-state index in [0.717, 1.165) is 12.8 Å². The maximum atomic E-state index is 10.9. The summed E-state index contributed by atoms with van der Waals surface area (Å²) in [6, 6.07) is -0.269. The Morgan fingerprint density at radius 1 is 1.43 bits per heavy atom. The number of hydrogen-bond donors (Lipinski definition) is 4. The molecule has 0 radical (unpaired) electrons. The molecule has 0 aliphatic rings. The lowest BCUT2D eigenvalue weighted by Gasteiger charge is -2.09. The summed E-state index contributed by atoms with van der Waals surface area (Å²) in [5.74, 6) is 5.29. The summed E-state index contributed by atoms with van der Waals surface area (Å²) in [6.45, 7) is 0.592. The number of nitrogens with one attached hydrogen (secondary N) is 1. The zero-order valence-electron chi connectivity index (χ0n) is 7.87. The SMILES string of the molecule is NN[C@@H](CCCCN=C(N)N)C(=O)I. The van der Waals surface area contributed by atoms with E-state index in [9.17, 15) is 4.79 Å². The summed E-state index contributed by atoms with van der Waals surface area (Å²) < 4.78 is 0.0203. The number of halogens is 1. The number of hydrogen-bond acceptors (Lipinski definition) is 4. The molecule has 0 amide bonds. The van der Waals surface area contributed by atoms with Crippen molar-refractivity contribution in [1.82, 2.24) is 5.43 Å². The summed E-state index contributed by atoms with van der Waals surface area (Å²) in [4.78, 5) is 14.7. The molecule has 0 aromatic heterocycles. The Balaban J connectivity index is 3.52. The number of aliphatic imine (C=N–C) groups is 1. The highest BCUT2D eigenvalue weighted by molar-refractivity contribution is 14.1. The Kier molecular flexibility index (Phi) is 7.71. The molecule has 0 aliphatic carbocycles. The van der Waals surface area contributed by atoms with Crippen LogP contribution in [0.4, 0.5) is 0 Å². The minimum absolute atomic E-state index is 0.0203. The summed E-state index contributed by atoms with van der Waals surface area (Å²) >= 11 is 1.73. The molecule has 0 aromatic carbocycles. The Morgan fingerprint density at radius 3 is 2.50 bits per heavy atom. The Hall–Kier alpha value is -0.410. The van der Waals surface area contributed by atoms with E-state index in [1.54, 1.807) is 22.6 Å². The molecule has 0 aliphatic heterocycles. The average Bonchev–Trinajstić information content (AvgIpc) is 2.10. The standard InChI is InChI=1S/C7H16IN5O/c8-6(14)5(13-11)3-1-2-4-12-7(9)10/h5,13H,1-4,11H2,(H4,9,10,12)/t5-/m0/s1. The van der Waals surface area contributed by atoms with E-state index in [1.807, 2.05) is 0 Å². The van der Waals surface area contributed by atoms with Crippen LogP contribution in [-0.2, 0) is 4.79 Å². The van der Waals surface area contributed by atoms with Gasteiger partial charge in [-0.25, -0.2) is 5.43 Å². The highest BCUT2D eigenvalue weighted by atomic mass is 127. The van der Waals surface area contributed by atoms with Gasteiger partial charge in [0.2, 0.25) is 3.79 Å². The third-order valence-electron chi connectivity index (χ3n) is 1.67. The van der Waals surface area contributed by atoms with Crippen LogP contribution in [0.5, 0.6) is 0 Å². The van der Waals surface area contributed by atoms with Crippen LogP contribution in [0.25, 0.3) is 0 Å². The normalized spacial score (nSPS) is 12.1. The average molecular weight is 313 g/mol. The van der Waals surface area contributed by atoms with Crippen LogP contribution in [-0.4, -0.2) is 22.3 Å². The minimum atomic E-state index is -0.269. The van der Waals surface area contributed by atoms with Crippen LogP contribution < -0.4 is 22.7 Å². The van der Waals surface area contributed by atoms with Gasteiger partial charge in [0.15, 0.2) is 5.96 Å². The van der Waals surface area contributed by atoms with Crippen molar-refractivity contribution >= 4 is 32.3 Å². The van der Waals surface area contributed by atoms with Gasteiger partial charge in [0.1, 0.15) is 0 Å². The molecule has 0 aromatic rings. The highest BCUT2D eigenvalue weighted by Gasteiger charge is 2.11. The molecule has 6 nitrogen and oxygen atoms in total. The fourth-order valence-electron chi connectivity index (χ4n) is 0.931. The van der Waals surface area contributed by atoms with Crippen molar-refractivity contribution in [3.8, 4) is 0 Å². The maximum absolute atomic E-state index is 10.9. The topological polar surface area (TPSA) is 120 Å². The molecule has 7 N–H and O–H groups in total. The van der Waals surface area contributed by atoms with Gasteiger partial charge in [-0.1, -0.05) is 0 Å². The molecular formula is C7H16IN5O.